The summed E-state index contributed by atoms with van der Waals surface area (Å²) in [5, 5.41) is 14.7. The Morgan fingerprint density at radius 3 is 2.62 bits per heavy atom. The third kappa shape index (κ3) is 5.39. The van der Waals surface area contributed by atoms with Crippen molar-refractivity contribution < 1.29 is 18.0 Å². The predicted octanol–water partition coefficient (Wildman–Crippen LogP) is 4.11. The predicted molar refractivity (Wildman–Crippen MR) is 121 cm³/mol. The van der Waals surface area contributed by atoms with Gasteiger partial charge in [-0.25, -0.2) is 0 Å². The summed E-state index contributed by atoms with van der Waals surface area (Å²) in [6.07, 6.45) is -4.29. The zero-order valence-corrected chi connectivity index (χ0v) is 19.1. The topological polar surface area (TPSA) is 105 Å². The van der Waals surface area contributed by atoms with Crippen molar-refractivity contribution in [1.29, 1.82) is 0 Å². The van der Waals surface area contributed by atoms with Crippen molar-refractivity contribution in [2.45, 2.75) is 24.7 Å². The van der Waals surface area contributed by atoms with Gasteiger partial charge >= 0.3 is 6.18 Å². The number of anilines is 1. The van der Waals surface area contributed by atoms with Crippen molar-refractivity contribution >= 4 is 40.7 Å². The van der Waals surface area contributed by atoms with Crippen molar-refractivity contribution in [3.8, 4) is 0 Å². The van der Waals surface area contributed by atoms with Crippen molar-refractivity contribution in [3.05, 3.63) is 80.2 Å². The van der Waals surface area contributed by atoms with E-state index in [-0.39, 0.29) is 39.5 Å². The van der Waals surface area contributed by atoms with Gasteiger partial charge in [0.25, 0.3) is 11.3 Å². The Kier molecular flexibility index (Phi) is 6.62. The minimum atomic E-state index is -4.57. The number of hydrogen-bond acceptors (Lipinski definition) is 6. The third-order valence-electron chi connectivity index (χ3n) is 4.71. The Labute approximate surface area is 199 Å². The Bertz CT molecular complexity index is 1420. The number of aryl methyl sites for hydroxylation is 1. The number of aromatic nitrogens is 5. The van der Waals surface area contributed by atoms with Crippen LogP contribution in [0.5, 0.6) is 0 Å². The van der Waals surface area contributed by atoms with E-state index in [1.807, 2.05) is 31.2 Å². The van der Waals surface area contributed by atoms with Crippen LogP contribution in [-0.4, -0.2) is 36.5 Å². The van der Waals surface area contributed by atoms with Crippen LogP contribution in [0.15, 0.2) is 52.4 Å². The molecule has 4 rings (SSSR count). The maximum Gasteiger partial charge on any atom is 0.416 e. The van der Waals surface area contributed by atoms with Crippen LogP contribution in [-0.2, 0) is 17.4 Å². The monoisotopic (exact) mass is 508 g/mol. The molecule has 0 atom stereocenters. The van der Waals surface area contributed by atoms with Gasteiger partial charge in [0, 0.05) is 6.42 Å². The van der Waals surface area contributed by atoms with Gasteiger partial charge in [-0.2, -0.15) is 22.8 Å². The minimum Gasteiger partial charge on any atom is -0.324 e. The average molecular weight is 509 g/mol. The van der Waals surface area contributed by atoms with Gasteiger partial charge in [-0.15, -0.1) is 10.2 Å². The smallest absolute Gasteiger partial charge is 0.324 e. The first kappa shape index (κ1) is 23.8. The van der Waals surface area contributed by atoms with Crippen LogP contribution in [0, 0.1) is 6.92 Å². The molecule has 2 heterocycles. The molecule has 0 bridgehead atoms. The van der Waals surface area contributed by atoms with Gasteiger partial charge in [0.15, 0.2) is 0 Å². The lowest BCUT2D eigenvalue weighted by Crippen LogP contribution is -2.19. The second kappa shape index (κ2) is 9.47. The molecule has 2 aromatic heterocycles. The lowest BCUT2D eigenvalue weighted by molar-refractivity contribution is -0.137. The highest BCUT2D eigenvalue weighted by atomic mass is 35.5. The molecule has 0 aliphatic heterocycles. The lowest BCUT2D eigenvalue weighted by Gasteiger charge is -2.11. The van der Waals surface area contributed by atoms with E-state index in [1.165, 1.54) is 4.52 Å². The summed E-state index contributed by atoms with van der Waals surface area (Å²) in [5.41, 5.74) is 0.714. The van der Waals surface area contributed by atoms with Crippen LogP contribution < -0.4 is 10.9 Å². The number of nitrogens with zero attached hydrogens (tertiary/aromatic N) is 4. The molecule has 13 heteroatoms. The molecule has 34 heavy (non-hydrogen) atoms. The number of alkyl halides is 3. The first-order chi connectivity index (χ1) is 16.1. The van der Waals surface area contributed by atoms with Crippen molar-refractivity contribution in [1.82, 2.24) is 24.8 Å². The highest BCUT2D eigenvalue weighted by Crippen LogP contribution is 2.34. The summed E-state index contributed by atoms with van der Waals surface area (Å²) in [6, 6.07) is 10.3. The first-order valence-corrected chi connectivity index (χ1v) is 11.2. The highest BCUT2D eigenvalue weighted by Gasteiger charge is 2.31. The van der Waals surface area contributed by atoms with Crippen molar-refractivity contribution in [2.24, 2.45) is 0 Å². The SMILES string of the molecule is Cc1ccc(Cc2nn3c(SCC(=O)Nc4cc(C(F)(F)F)ccc4Cl)nnc3[nH]c2=O)cc1. The van der Waals surface area contributed by atoms with Crippen LogP contribution in [0.2, 0.25) is 5.02 Å². The molecule has 2 aromatic carbocycles. The molecule has 0 radical (unpaired) electrons. The number of nitrogens with one attached hydrogen (secondary N) is 2. The Morgan fingerprint density at radius 1 is 1.18 bits per heavy atom. The van der Waals surface area contributed by atoms with E-state index in [4.69, 9.17) is 11.6 Å². The maximum absolute atomic E-state index is 12.9. The van der Waals surface area contributed by atoms with Gasteiger partial charge in [0.05, 0.1) is 22.0 Å². The van der Waals surface area contributed by atoms with Crippen LogP contribution in [0.25, 0.3) is 5.78 Å². The number of aromatic amines is 1. The van der Waals surface area contributed by atoms with Gasteiger partial charge < -0.3 is 5.32 Å². The molecule has 1 amide bonds. The van der Waals surface area contributed by atoms with E-state index >= 15 is 0 Å². The molecule has 4 aromatic rings. The van der Waals surface area contributed by atoms with E-state index < -0.39 is 23.2 Å². The Balaban J connectivity index is 1.49. The molecule has 0 aliphatic carbocycles. The summed E-state index contributed by atoms with van der Waals surface area (Å²) < 4.78 is 40.1. The molecule has 0 fully saturated rings. The molecule has 0 saturated heterocycles. The molecule has 176 valence electrons. The standard InChI is InChI=1S/C21H16ClF3N6O2S/c1-11-2-4-12(5-3-11)8-16-18(33)27-19-28-29-20(31(19)30-16)34-10-17(32)26-15-9-13(21(23,24)25)6-7-14(15)22/h2-7,9H,8,10H2,1H3,(H,26,32)(H,27,28,33). The number of rotatable bonds is 6. The average Bonchev–Trinajstić information content (AvgIpc) is 3.16. The number of halogens is 4. The second-order valence-electron chi connectivity index (χ2n) is 7.31. The summed E-state index contributed by atoms with van der Waals surface area (Å²) >= 11 is 6.87. The summed E-state index contributed by atoms with van der Waals surface area (Å²) in [4.78, 5) is 27.3. The molecule has 0 saturated carbocycles. The summed E-state index contributed by atoms with van der Waals surface area (Å²) in [5.74, 6) is -0.713. The van der Waals surface area contributed by atoms with Gasteiger partial charge in [0.2, 0.25) is 11.1 Å². The summed E-state index contributed by atoms with van der Waals surface area (Å²) in [7, 11) is 0. The molecule has 0 unspecified atom stereocenters. The number of fused-ring (bicyclic) bond motifs is 1. The zero-order valence-electron chi connectivity index (χ0n) is 17.5. The van der Waals surface area contributed by atoms with Crippen LogP contribution >= 0.6 is 23.4 Å². The van der Waals surface area contributed by atoms with E-state index in [9.17, 15) is 22.8 Å². The lowest BCUT2D eigenvalue weighted by atomic mass is 10.1. The first-order valence-electron chi connectivity index (χ1n) is 9.80. The fraction of sp³-hybridized carbons (Fsp3) is 0.190. The van der Waals surface area contributed by atoms with Gasteiger partial charge in [0.1, 0.15) is 5.69 Å². The van der Waals surface area contributed by atoms with Gasteiger partial charge in [-0.3, -0.25) is 14.6 Å². The molecule has 0 spiro atoms. The van der Waals surface area contributed by atoms with Crippen LogP contribution in [0.4, 0.5) is 18.9 Å². The fourth-order valence-electron chi connectivity index (χ4n) is 2.99. The molecular formula is C21H16ClF3N6O2S. The third-order valence-corrected chi connectivity index (χ3v) is 5.96. The number of amides is 1. The van der Waals surface area contributed by atoms with Crippen LogP contribution in [0.1, 0.15) is 22.4 Å². The van der Waals surface area contributed by atoms with E-state index in [2.05, 4.69) is 25.6 Å². The Morgan fingerprint density at radius 2 is 1.91 bits per heavy atom. The van der Waals surface area contributed by atoms with Gasteiger partial charge in [-0.05, 0) is 30.7 Å². The van der Waals surface area contributed by atoms with E-state index in [0.717, 1.165) is 41.1 Å². The van der Waals surface area contributed by atoms with Crippen molar-refractivity contribution in [3.63, 3.8) is 0 Å². The van der Waals surface area contributed by atoms with Gasteiger partial charge in [-0.1, -0.05) is 53.2 Å². The molecule has 0 aliphatic rings. The number of benzene rings is 2. The highest BCUT2D eigenvalue weighted by molar-refractivity contribution is 7.99. The molecule has 8 nitrogen and oxygen atoms in total. The number of H-pyrrole nitrogens is 1. The molecule has 2 N–H and O–H groups in total. The van der Waals surface area contributed by atoms with Crippen molar-refractivity contribution in [2.75, 3.05) is 11.1 Å². The van der Waals surface area contributed by atoms with Crippen LogP contribution in [0.3, 0.4) is 0 Å². The normalized spacial score (nSPS) is 11.7. The van der Waals surface area contributed by atoms with E-state index in [0.29, 0.717) is 0 Å². The zero-order chi connectivity index (χ0) is 24.5. The number of carbonyl (C=O) groups excluding carboxylic acids is 1. The minimum absolute atomic E-state index is 0.0285. The summed E-state index contributed by atoms with van der Waals surface area (Å²) in [6.45, 7) is 1.96. The number of thioether (sulfide) groups is 1. The number of carbonyl (C=O) groups is 1. The number of hydrogen-bond donors (Lipinski definition) is 2. The fourth-order valence-corrected chi connectivity index (χ4v) is 3.84. The quantitative estimate of drug-likeness (QED) is 0.380. The Hall–Kier alpha value is -3.38. The largest absolute Gasteiger partial charge is 0.416 e. The van der Waals surface area contributed by atoms with E-state index in [1.54, 1.807) is 0 Å². The maximum atomic E-state index is 12.9. The molecular weight excluding hydrogens is 493 g/mol. The second-order valence-corrected chi connectivity index (χ2v) is 8.66.